The van der Waals surface area contributed by atoms with Gasteiger partial charge < -0.3 is 16.0 Å². The van der Waals surface area contributed by atoms with Gasteiger partial charge in [0.15, 0.2) is 0 Å². The molecule has 0 aromatic heterocycles. The van der Waals surface area contributed by atoms with Gasteiger partial charge >= 0.3 is 0 Å². The minimum atomic E-state index is -0.143. The molecule has 3 rings (SSSR count). The van der Waals surface area contributed by atoms with E-state index < -0.39 is 0 Å². The quantitative estimate of drug-likeness (QED) is 0.765. The van der Waals surface area contributed by atoms with E-state index in [-0.39, 0.29) is 30.3 Å². The Labute approximate surface area is 154 Å². The summed E-state index contributed by atoms with van der Waals surface area (Å²) >= 11 is 0. The molecular formula is C19H24ClN3O2. The van der Waals surface area contributed by atoms with Crippen molar-refractivity contribution in [3.8, 4) is 0 Å². The SMILES string of the molecule is Cl.O=C(CCNC(=O)c1ccc2ccccc2c1)NC1CCNCC1. The molecule has 6 heteroatoms. The lowest BCUT2D eigenvalue weighted by Crippen LogP contribution is -2.43. The number of rotatable bonds is 5. The first kappa shape index (κ1) is 19.2. The number of carbonyl (C=O) groups is 2. The Hall–Kier alpha value is -2.11. The fourth-order valence-corrected chi connectivity index (χ4v) is 2.99. The maximum absolute atomic E-state index is 12.2. The van der Waals surface area contributed by atoms with E-state index in [0.717, 1.165) is 36.7 Å². The second-order valence-corrected chi connectivity index (χ2v) is 6.16. The van der Waals surface area contributed by atoms with Crippen LogP contribution in [0.2, 0.25) is 0 Å². The Kier molecular flexibility index (Phi) is 7.22. The zero-order valence-electron chi connectivity index (χ0n) is 14.1. The van der Waals surface area contributed by atoms with Crippen LogP contribution in [0.1, 0.15) is 29.6 Å². The van der Waals surface area contributed by atoms with Gasteiger partial charge in [0.25, 0.3) is 5.91 Å². The number of benzene rings is 2. The van der Waals surface area contributed by atoms with Gasteiger partial charge in [0, 0.05) is 24.6 Å². The smallest absolute Gasteiger partial charge is 0.251 e. The summed E-state index contributed by atoms with van der Waals surface area (Å²) in [6.45, 7) is 2.25. The van der Waals surface area contributed by atoms with E-state index in [4.69, 9.17) is 0 Å². The van der Waals surface area contributed by atoms with Crippen molar-refractivity contribution < 1.29 is 9.59 Å². The van der Waals surface area contributed by atoms with Crippen molar-refractivity contribution in [1.82, 2.24) is 16.0 Å². The van der Waals surface area contributed by atoms with Crippen molar-refractivity contribution in [2.24, 2.45) is 0 Å². The van der Waals surface area contributed by atoms with Crippen LogP contribution in [0, 0.1) is 0 Å². The summed E-state index contributed by atoms with van der Waals surface area (Å²) in [5, 5.41) is 11.3. The molecule has 0 bridgehead atoms. The van der Waals surface area contributed by atoms with Crippen LogP contribution in [0.3, 0.4) is 0 Å². The number of halogens is 1. The molecule has 134 valence electrons. The molecule has 1 aliphatic heterocycles. The molecule has 5 nitrogen and oxygen atoms in total. The van der Waals surface area contributed by atoms with E-state index in [9.17, 15) is 9.59 Å². The fraction of sp³-hybridized carbons (Fsp3) is 0.368. The normalized spacial score (nSPS) is 14.6. The lowest BCUT2D eigenvalue weighted by Gasteiger charge is -2.23. The molecule has 25 heavy (non-hydrogen) atoms. The molecule has 1 heterocycles. The first-order valence-corrected chi connectivity index (χ1v) is 8.49. The molecule has 0 atom stereocenters. The van der Waals surface area contributed by atoms with Crippen LogP contribution in [0.15, 0.2) is 42.5 Å². The second-order valence-electron chi connectivity index (χ2n) is 6.16. The van der Waals surface area contributed by atoms with E-state index in [0.29, 0.717) is 18.5 Å². The van der Waals surface area contributed by atoms with E-state index in [2.05, 4.69) is 16.0 Å². The molecule has 2 amide bonds. The molecule has 0 unspecified atom stereocenters. The van der Waals surface area contributed by atoms with Crippen molar-refractivity contribution in [3.05, 3.63) is 48.0 Å². The van der Waals surface area contributed by atoms with E-state index >= 15 is 0 Å². The standard InChI is InChI=1S/C19H23N3O2.ClH/c23-18(22-17-7-10-20-11-8-17)9-12-21-19(24)16-6-5-14-3-1-2-4-15(14)13-16;/h1-6,13,17,20H,7-12H2,(H,21,24)(H,22,23);1H. The van der Waals surface area contributed by atoms with Crippen LogP contribution in [-0.2, 0) is 4.79 Å². The monoisotopic (exact) mass is 361 g/mol. The largest absolute Gasteiger partial charge is 0.353 e. The molecule has 1 saturated heterocycles. The summed E-state index contributed by atoms with van der Waals surface area (Å²) in [6, 6.07) is 13.8. The third kappa shape index (κ3) is 5.44. The summed E-state index contributed by atoms with van der Waals surface area (Å²) in [4.78, 5) is 24.1. The summed E-state index contributed by atoms with van der Waals surface area (Å²) in [5.74, 6) is -0.142. The molecule has 3 N–H and O–H groups in total. The number of nitrogens with one attached hydrogen (secondary N) is 3. The van der Waals surface area contributed by atoms with Gasteiger partial charge in [-0.25, -0.2) is 0 Å². The second kappa shape index (κ2) is 9.39. The van der Waals surface area contributed by atoms with Gasteiger partial charge in [-0.3, -0.25) is 9.59 Å². The predicted octanol–water partition coefficient (Wildman–Crippen LogP) is 2.25. The van der Waals surface area contributed by atoms with Gasteiger partial charge in [0.2, 0.25) is 5.91 Å². The minimum Gasteiger partial charge on any atom is -0.353 e. The molecule has 1 aliphatic rings. The molecule has 0 saturated carbocycles. The van der Waals surface area contributed by atoms with Crippen LogP contribution < -0.4 is 16.0 Å². The zero-order chi connectivity index (χ0) is 16.8. The average molecular weight is 362 g/mol. The summed E-state index contributed by atoms with van der Waals surface area (Å²) in [7, 11) is 0. The minimum absolute atomic E-state index is 0. The first-order chi connectivity index (χ1) is 11.7. The highest BCUT2D eigenvalue weighted by Gasteiger charge is 2.15. The number of hydrogen-bond donors (Lipinski definition) is 3. The zero-order valence-corrected chi connectivity index (χ0v) is 14.9. The highest BCUT2D eigenvalue weighted by Crippen LogP contribution is 2.15. The number of carbonyl (C=O) groups excluding carboxylic acids is 2. The van der Waals surface area contributed by atoms with Crippen LogP contribution in [-0.4, -0.2) is 37.5 Å². The molecule has 1 fully saturated rings. The third-order valence-electron chi connectivity index (χ3n) is 4.35. The maximum Gasteiger partial charge on any atom is 0.251 e. The fourth-order valence-electron chi connectivity index (χ4n) is 2.99. The van der Waals surface area contributed by atoms with Gasteiger partial charge in [0.1, 0.15) is 0 Å². The highest BCUT2D eigenvalue weighted by atomic mass is 35.5. The van der Waals surface area contributed by atoms with Crippen molar-refractivity contribution in [2.75, 3.05) is 19.6 Å². The number of fused-ring (bicyclic) bond motifs is 1. The molecule has 2 aromatic carbocycles. The molecule has 2 aromatic rings. The topological polar surface area (TPSA) is 70.2 Å². The van der Waals surface area contributed by atoms with Gasteiger partial charge in [-0.05, 0) is 48.8 Å². The third-order valence-corrected chi connectivity index (χ3v) is 4.35. The first-order valence-electron chi connectivity index (χ1n) is 8.49. The Morgan fingerprint density at radius 3 is 2.52 bits per heavy atom. The van der Waals surface area contributed by atoms with Crippen LogP contribution in [0.4, 0.5) is 0 Å². The predicted molar refractivity (Wildman–Crippen MR) is 102 cm³/mol. The van der Waals surface area contributed by atoms with Crippen molar-refractivity contribution in [2.45, 2.75) is 25.3 Å². The molecular weight excluding hydrogens is 338 g/mol. The van der Waals surface area contributed by atoms with Gasteiger partial charge in [-0.1, -0.05) is 30.3 Å². The van der Waals surface area contributed by atoms with E-state index in [1.165, 1.54) is 0 Å². The molecule has 0 spiro atoms. The van der Waals surface area contributed by atoms with Crippen molar-refractivity contribution in [3.63, 3.8) is 0 Å². The molecule has 0 radical (unpaired) electrons. The summed E-state index contributed by atoms with van der Waals surface area (Å²) in [6.07, 6.45) is 2.24. The van der Waals surface area contributed by atoms with Crippen molar-refractivity contribution >= 4 is 35.0 Å². The highest BCUT2D eigenvalue weighted by molar-refractivity contribution is 5.98. The maximum atomic E-state index is 12.2. The van der Waals surface area contributed by atoms with Crippen LogP contribution in [0.25, 0.3) is 10.8 Å². The van der Waals surface area contributed by atoms with Crippen LogP contribution >= 0.6 is 12.4 Å². The Morgan fingerprint density at radius 1 is 1.04 bits per heavy atom. The Balaban J connectivity index is 0.00000225. The van der Waals surface area contributed by atoms with E-state index in [1.54, 1.807) is 0 Å². The van der Waals surface area contributed by atoms with Gasteiger partial charge in [0.05, 0.1) is 0 Å². The number of piperidine rings is 1. The number of hydrogen-bond acceptors (Lipinski definition) is 3. The van der Waals surface area contributed by atoms with E-state index in [1.807, 2.05) is 42.5 Å². The number of amides is 2. The van der Waals surface area contributed by atoms with Gasteiger partial charge in [-0.2, -0.15) is 0 Å². The van der Waals surface area contributed by atoms with Crippen molar-refractivity contribution in [1.29, 1.82) is 0 Å². The Bertz CT molecular complexity index is 729. The van der Waals surface area contributed by atoms with Crippen LogP contribution in [0.5, 0.6) is 0 Å². The summed E-state index contributed by atoms with van der Waals surface area (Å²) in [5.41, 5.74) is 0.618. The average Bonchev–Trinajstić information content (AvgIpc) is 2.62. The Morgan fingerprint density at radius 2 is 1.76 bits per heavy atom. The lowest BCUT2D eigenvalue weighted by molar-refractivity contribution is -0.121. The summed E-state index contributed by atoms with van der Waals surface area (Å²) < 4.78 is 0. The lowest BCUT2D eigenvalue weighted by atomic mass is 10.1. The molecule has 0 aliphatic carbocycles. The van der Waals surface area contributed by atoms with Gasteiger partial charge in [-0.15, -0.1) is 12.4 Å².